The molecule has 0 heterocycles. The predicted octanol–water partition coefficient (Wildman–Crippen LogP) is 4.46. The van der Waals surface area contributed by atoms with Crippen LogP contribution in [0.15, 0.2) is 23.1 Å². The summed E-state index contributed by atoms with van der Waals surface area (Å²) in [6, 6.07) is 9.05. The number of rotatable bonds is 8. The largest absolute Gasteiger partial charge is 0.300 e. The van der Waals surface area contributed by atoms with Gasteiger partial charge in [-0.2, -0.15) is 5.26 Å². The molecule has 0 saturated carbocycles. The van der Waals surface area contributed by atoms with Crippen LogP contribution in [-0.4, -0.2) is 17.8 Å². The van der Waals surface area contributed by atoms with E-state index in [0.717, 1.165) is 31.6 Å². The highest BCUT2D eigenvalue weighted by molar-refractivity contribution is 7.99. The lowest BCUT2D eigenvalue weighted by atomic mass is 9.92. The fourth-order valence-electron chi connectivity index (χ4n) is 2.32. The van der Waals surface area contributed by atoms with Crippen LogP contribution in [0.25, 0.3) is 0 Å². The first-order valence-corrected chi connectivity index (χ1v) is 8.41. The molecule has 20 heavy (non-hydrogen) atoms. The highest BCUT2D eigenvalue weighted by Gasteiger charge is 2.25. The molecule has 0 radical (unpaired) electrons. The second-order valence-corrected chi connectivity index (χ2v) is 6.44. The van der Waals surface area contributed by atoms with Crippen LogP contribution in [0.2, 0.25) is 0 Å². The third-order valence-electron chi connectivity index (χ3n) is 3.68. The topological polar surface area (TPSA) is 35.8 Å². The molecule has 1 N–H and O–H groups in total. The van der Waals surface area contributed by atoms with Crippen molar-refractivity contribution in [3.05, 3.63) is 29.3 Å². The van der Waals surface area contributed by atoms with Crippen molar-refractivity contribution in [2.75, 3.05) is 12.3 Å². The van der Waals surface area contributed by atoms with E-state index in [9.17, 15) is 5.26 Å². The standard InChI is InChI=1S/C17H26N2S/c1-5-17(13-18,19-6-2)10-7-11-20-16-12-14(3)8-9-15(16)4/h8-9,12,19H,5-7,10-11H2,1-4H3. The van der Waals surface area contributed by atoms with Gasteiger partial charge in [-0.05, 0) is 57.0 Å². The Labute approximate surface area is 128 Å². The molecule has 1 aromatic rings. The maximum absolute atomic E-state index is 9.39. The molecule has 2 nitrogen and oxygen atoms in total. The average molecular weight is 290 g/mol. The number of aryl methyl sites for hydroxylation is 2. The Morgan fingerprint density at radius 3 is 2.65 bits per heavy atom. The molecule has 0 fully saturated rings. The van der Waals surface area contributed by atoms with Crippen LogP contribution in [0.1, 0.15) is 44.2 Å². The molecule has 0 bridgehead atoms. The van der Waals surface area contributed by atoms with E-state index in [1.165, 1.54) is 16.0 Å². The smallest absolute Gasteiger partial charge is 0.106 e. The normalized spacial score (nSPS) is 13.8. The van der Waals surface area contributed by atoms with Gasteiger partial charge in [-0.25, -0.2) is 0 Å². The van der Waals surface area contributed by atoms with Crippen molar-refractivity contribution in [2.24, 2.45) is 0 Å². The van der Waals surface area contributed by atoms with Crippen LogP contribution in [0.4, 0.5) is 0 Å². The summed E-state index contributed by atoms with van der Waals surface area (Å²) in [5, 5.41) is 12.7. The van der Waals surface area contributed by atoms with E-state index >= 15 is 0 Å². The fraction of sp³-hybridized carbons (Fsp3) is 0.588. The number of hydrogen-bond donors (Lipinski definition) is 1. The molecular weight excluding hydrogens is 264 g/mol. The molecule has 0 aliphatic rings. The van der Waals surface area contributed by atoms with E-state index in [1.807, 2.05) is 11.8 Å². The van der Waals surface area contributed by atoms with Gasteiger partial charge >= 0.3 is 0 Å². The molecule has 0 spiro atoms. The zero-order valence-electron chi connectivity index (χ0n) is 13.1. The van der Waals surface area contributed by atoms with Gasteiger partial charge in [0.15, 0.2) is 0 Å². The summed E-state index contributed by atoms with van der Waals surface area (Å²) >= 11 is 1.90. The third-order valence-corrected chi connectivity index (χ3v) is 4.93. The molecule has 3 heteroatoms. The van der Waals surface area contributed by atoms with E-state index in [0.29, 0.717) is 0 Å². The molecular formula is C17H26N2S. The molecule has 0 amide bonds. The fourth-order valence-corrected chi connectivity index (χ4v) is 3.40. The highest BCUT2D eigenvalue weighted by atomic mass is 32.2. The van der Waals surface area contributed by atoms with Gasteiger partial charge in [0, 0.05) is 4.90 Å². The van der Waals surface area contributed by atoms with Crippen LogP contribution in [-0.2, 0) is 0 Å². The second kappa shape index (κ2) is 8.34. The number of nitrogens with one attached hydrogen (secondary N) is 1. The Balaban J connectivity index is 2.48. The van der Waals surface area contributed by atoms with E-state index in [-0.39, 0.29) is 5.54 Å². The third kappa shape index (κ3) is 4.85. The zero-order valence-corrected chi connectivity index (χ0v) is 13.9. The van der Waals surface area contributed by atoms with Crippen molar-refractivity contribution in [1.29, 1.82) is 5.26 Å². The molecule has 110 valence electrons. The van der Waals surface area contributed by atoms with Gasteiger partial charge in [-0.3, -0.25) is 5.32 Å². The molecule has 1 unspecified atom stereocenters. The molecule has 1 rings (SSSR count). The lowest BCUT2D eigenvalue weighted by molar-refractivity contribution is 0.379. The zero-order chi connectivity index (χ0) is 15.0. The van der Waals surface area contributed by atoms with Gasteiger partial charge in [-0.15, -0.1) is 11.8 Å². The minimum absolute atomic E-state index is 0.336. The molecule has 1 atom stereocenters. The summed E-state index contributed by atoms with van der Waals surface area (Å²) in [5.74, 6) is 1.07. The molecule has 0 aliphatic carbocycles. The van der Waals surface area contributed by atoms with Gasteiger partial charge in [0.1, 0.15) is 5.54 Å². The first kappa shape index (κ1) is 17.1. The van der Waals surface area contributed by atoms with Crippen molar-refractivity contribution >= 4 is 11.8 Å². The summed E-state index contributed by atoms with van der Waals surface area (Å²) in [6.07, 6.45) is 2.85. The van der Waals surface area contributed by atoms with Gasteiger partial charge in [-0.1, -0.05) is 31.5 Å². The number of nitrogens with zero attached hydrogens (tertiary/aromatic N) is 1. The van der Waals surface area contributed by atoms with Crippen molar-refractivity contribution in [1.82, 2.24) is 5.32 Å². The van der Waals surface area contributed by atoms with Crippen LogP contribution >= 0.6 is 11.8 Å². The summed E-state index contributed by atoms with van der Waals surface area (Å²) < 4.78 is 0. The minimum atomic E-state index is -0.336. The van der Waals surface area contributed by atoms with Crippen LogP contribution < -0.4 is 5.32 Å². The number of nitriles is 1. The van der Waals surface area contributed by atoms with Crippen LogP contribution in [0.5, 0.6) is 0 Å². The van der Waals surface area contributed by atoms with E-state index in [2.05, 4.69) is 57.3 Å². The lowest BCUT2D eigenvalue weighted by Crippen LogP contribution is -2.43. The van der Waals surface area contributed by atoms with Gasteiger partial charge in [0.25, 0.3) is 0 Å². The predicted molar refractivity (Wildman–Crippen MR) is 88.2 cm³/mol. The van der Waals surface area contributed by atoms with Gasteiger partial charge in [0.05, 0.1) is 6.07 Å². The first-order valence-electron chi connectivity index (χ1n) is 7.43. The van der Waals surface area contributed by atoms with E-state index < -0.39 is 0 Å². The SMILES string of the molecule is CCNC(C#N)(CC)CCCSc1cc(C)ccc1C. The summed E-state index contributed by atoms with van der Waals surface area (Å²) in [4.78, 5) is 1.37. The van der Waals surface area contributed by atoms with Crippen LogP contribution in [0, 0.1) is 25.2 Å². The number of benzene rings is 1. The number of thioether (sulfide) groups is 1. The summed E-state index contributed by atoms with van der Waals surface area (Å²) in [6.45, 7) is 9.29. The average Bonchev–Trinajstić information content (AvgIpc) is 2.46. The molecule has 0 aliphatic heterocycles. The second-order valence-electron chi connectivity index (χ2n) is 5.30. The molecule has 1 aromatic carbocycles. The van der Waals surface area contributed by atoms with Crippen molar-refractivity contribution < 1.29 is 0 Å². The Morgan fingerprint density at radius 2 is 2.05 bits per heavy atom. The van der Waals surface area contributed by atoms with Crippen molar-refractivity contribution in [3.8, 4) is 6.07 Å². The monoisotopic (exact) mass is 290 g/mol. The van der Waals surface area contributed by atoms with E-state index in [4.69, 9.17) is 0 Å². The Morgan fingerprint density at radius 1 is 1.30 bits per heavy atom. The molecule has 0 saturated heterocycles. The van der Waals surface area contributed by atoms with E-state index in [1.54, 1.807) is 0 Å². The Hall–Kier alpha value is -0.980. The summed E-state index contributed by atoms with van der Waals surface area (Å²) in [7, 11) is 0. The summed E-state index contributed by atoms with van der Waals surface area (Å²) in [5.41, 5.74) is 2.32. The van der Waals surface area contributed by atoms with Gasteiger partial charge in [0.2, 0.25) is 0 Å². The first-order chi connectivity index (χ1) is 9.56. The van der Waals surface area contributed by atoms with Crippen molar-refractivity contribution in [3.63, 3.8) is 0 Å². The van der Waals surface area contributed by atoms with Gasteiger partial charge < -0.3 is 0 Å². The molecule has 0 aromatic heterocycles. The van der Waals surface area contributed by atoms with Crippen LogP contribution in [0.3, 0.4) is 0 Å². The Bertz CT molecular complexity index is 465. The Kier molecular flexibility index (Phi) is 7.12. The highest BCUT2D eigenvalue weighted by Crippen LogP contribution is 2.26. The van der Waals surface area contributed by atoms with Crippen molar-refractivity contribution in [2.45, 2.75) is 57.4 Å². The lowest BCUT2D eigenvalue weighted by Gasteiger charge is -2.25. The minimum Gasteiger partial charge on any atom is -0.300 e. The quantitative estimate of drug-likeness (QED) is 0.567. The number of hydrogen-bond acceptors (Lipinski definition) is 3. The maximum Gasteiger partial charge on any atom is 0.106 e. The maximum atomic E-state index is 9.39.